The normalized spacial score (nSPS) is 16.9. The van der Waals surface area contributed by atoms with Crippen LogP contribution in [0.4, 0.5) is 5.69 Å². The molecule has 1 fully saturated rings. The first kappa shape index (κ1) is 14.6. The Morgan fingerprint density at radius 3 is 2.75 bits per heavy atom. The smallest absolute Gasteiger partial charge is 0.327 e. The number of nitrogens with zero attached hydrogens (tertiary/aromatic N) is 2. The first-order valence-electron chi connectivity index (χ1n) is 7.00. The van der Waals surface area contributed by atoms with Crippen molar-refractivity contribution >= 4 is 17.6 Å². The Bertz CT molecular complexity index is 490. The molecule has 110 valence electrons. The number of carbonyl (C=O) groups is 2. The van der Waals surface area contributed by atoms with E-state index in [1.807, 2.05) is 0 Å². The molecular formula is C14H21N3O3. The third-order valence-corrected chi connectivity index (χ3v) is 4.13. The summed E-state index contributed by atoms with van der Waals surface area (Å²) < 4.78 is 6.03. The predicted octanol–water partition coefficient (Wildman–Crippen LogP) is 1.96. The van der Waals surface area contributed by atoms with Crippen LogP contribution in [-0.4, -0.2) is 28.8 Å². The summed E-state index contributed by atoms with van der Waals surface area (Å²) in [5.41, 5.74) is 0.392. The fourth-order valence-corrected chi connectivity index (χ4v) is 2.77. The molecule has 6 heteroatoms. The van der Waals surface area contributed by atoms with Crippen LogP contribution in [0.5, 0.6) is 0 Å². The van der Waals surface area contributed by atoms with E-state index in [1.165, 1.54) is 11.8 Å². The number of hydrogen-bond acceptors (Lipinski definition) is 4. The summed E-state index contributed by atoms with van der Waals surface area (Å²) in [5, 5.41) is 6.95. The molecule has 1 aliphatic rings. The molecule has 1 aromatic rings. The maximum atomic E-state index is 12.4. The third-order valence-electron chi connectivity index (χ3n) is 4.13. The van der Waals surface area contributed by atoms with Gasteiger partial charge in [0.15, 0.2) is 0 Å². The molecule has 1 heterocycles. The second-order valence-corrected chi connectivity index (χ2v) is 5.30. The topological polar surface area (TPSA) is 73.2 Å². The van der Waals surface area contributed by atoms with Gasteiger partial charge in [0.25, 0.3) is 0 Å². The van der Waals surface area contributed by atoms with Gasteiger partial charge in [0.05, 0.1) is 19.0 Å². The first-order valence-corrected chi connectivity index (χ1v) is 7.00. The summed E-state index contributed by atoms with van der Waals surface area (Å²) in [6.07, 6.45) is 8.18. The number of anilines is 1. The van der Waals surface area contributed by atoms with Crippen molar-refractivity contribution in [3.63, 3.8) is 0 Å². The van der Waals surface area contributed by atoms with Crippen LogP contribution < -0.4 is 5.32 Å². The Balaban J connectivity index is 1.99. The van der Waals surface area contributed by atoms with Crippen molar-refractivity contribution in [3.05, 3.63) is 12.4 Å². The van der Waals surface area contributed by atoms with Crippen LogP contribution in [0, 0.1) is 5.41 Å². The third kappa shape index (κ3) is 3.00. The number of hydrogen-bond donors (Lipinski definition) is 1. The molecule has 1 saturated carbocycles. The van der Waals surface area contributed by atoms with E-state index in [9.17, 15) is 9.59 Å². The zero-order chi connectivity index (χ0) is 14.6. The van der Waals surface area contributed by atoms with Crippen molar-refractivity contribution in [1.82, 2.24) is 9.78 Å². The molecule has 0 radical (unpaired) electrons. The van der Waals surface area contributed by atoms with Crippen molar-refractivity contribution in [3.8, 4) is 0 Å². The second kappa shape index (κ2) is 6.07. The number of methoxy groups -OCH3 is 1. The molecule has 1 aliphatic carbocycles. The second-order valence-electron chi connectivity index (χ2n) is 5.30. The summed E-state index contributed by atoms with van der Waals surface area (Å²) in [6, 6.07) is 0. The zero-order valence-corrected chi connectivity index (χ0v) is 12.0. The summed E-state index contributed by atoms with van der Waals surface area (Å²) in [4.78, 5) is 23.6. The van der Waals surface area contributed by atoms with Crippen molar-refractivity contribution in [2.45, 2.75) is 45.6 Å². The van der Waals surface area contributed by atoms with Crippen LogP contribution >= 0.6 is 0 Å². The fourth-order valence-electron chi connectivity index (χ4n) is 2.77. The Kier molecular flexibility index (Phi) is 4.42. The van der Waals surface area contributed by atoms with Crippen molar-refractivity contribution < 1.29 is 14.3 Å². The van der Waals surface area contributed by atoms with Gasteiger partial charge in [-0.25, -0.2) is 0 Å². The van der Waals surface area contributed by atoms with Gasteiger partial charge in [-0.15, -0.1) is 0 Å². The van der Waals surface area contributed by atoms with Gasteiger partial charge in [-0.05, 0) is 19.3 Å². The molecule has 0 unspecified atom stereocenters. The average molecular weight is 279 g/mol. The number of aromatic nitrogens is 2. The lowest BCUT2D eigenvalue weighted by molar-refractivity contribution is -0.141. The zero-order valence-electron chi connectivity index (χ0n) is 12.0. The predicted molar refractivity (Wildman–Crippen MR) is 74.1 cm³/mol. The van der Waals surface area contributed by atoms with Gasteiger partial charge in [0, 0.05) is 11.6 Å². The van der Waals surface area contributed by atoms with Crippen LogP contribution in [0.1, 0.15) is 39.0 Å². The Morgan fingerprint density at radius 1 is 1.45 bits per heavy atom. The van der Waals surface area contributed by atoms with E-state index in [-0.39, 0.29) is 23.8 Å². The van der Waals surface area contributed by atoms with Crippen LogP contribution in [-0.2, 0) is 20.9 Å². The van der Waals surface area contributed by atoms with Crippen LogP contribution in [0.25, 0.3) is 0 Å². The number of ether oxygens (including phenoxy) is 1. The molecule has 20 heavy (non-hydrogen) atoms. The number of rotatable bonds is 5. The molecule has 1 aromatic heterocycles. The molecule has 0 aromatic carbocycles. The number of nitrogens with one attached hydrogen (secondary N) is 1. The Morgan fingerprint density at radius 2 is 2.15 bits per heavy atom. The highest BCUT2D eigenvalue weighted by molar-refractivity contribution is 5.95. The van der Waals surface area contributed by atoms with E-state index >= 15 is 0 Å². The molecular weight excluding hydrogens is 258 g/mol. The van der Waals surface area contributed by atoms with Gasteiger partial charge in [-0.3, -0.25) is 14.3 Å². The van der Waals surface area contributed by atoms with Crippen LogP contribution in [0.2, 0.25) is 0 Å². The molecule has 2 rings (SSSR count). The van der Waals surface area contributed by atoms with E-state index in [1.54, 1.807) is 12.4 Å². The van der Waals surface area contributed by atoms with Crippen molar-refractivity contribution in [1.29, 1.82) is 0 Å². The summed E-state index contributed by atoms with van der Waals surface area (Å²) in [6.45, 7) is 2.11. The minimum atomic E-state index is -0.369. The summed E-state index contributed by atoms with van der Waals surface area (Å²) >= 11 is 0. The Labute approximate surface area is 118 Å². The van der Waals surface area contributed by atoms with Crippen LogP contribution in [0.3, 0.4) is 0 Å². The molecule has 0 bridgehead atoms. The largest absolute Gasteiger partial charge is 0.468 e. The van der Waals surface area contributed by atoms with Gasteiger partial charge >= 0.3 is 5.97 Å². The monoisotopic (exact) mass is 279 g/mol. The van der Waals surface area contributed by atoms with Crippen molar-refractivity contribution in [2.75, 3.05) is 12.4 Å². The summed E-state index contributed by atoms with van der Waals surface area (Å²) in [5.74, 6) is -0.304. The fraction of sp³-hybridized carbons (Fsp3) is 0.643. The molecule has 0 atom stereocenters. The van der Waals surface area contributed by atoms with Crippen molar-refractivity contribution in [2.24, 2.45) is 5.41 Å². The number of carbonyl (C=O) groups excluding carboxylic acids is 2. The van der Waals surface area contributed by atoms with E-state index in [0.29, 0.717) is 5.69 Å². The highest BCUT2D eigenvalue weighted by Crippen LogP contribution is 2.41. The standard InChI is InChI=1S/C14H21N3O3/c1-3-14(6-4-5-7-14)13(19)16-11-8-15-17(9-11)10-12(18)20-2/h8-9H,3-7,10H2,1-2H3,(H,16,19). The van der Waals surface area contributed by atoms with E-state index in [4.69, 9.17) is 0 Å². The highest BCUT2D eigenvalue weighted by Gasteiger charge is 2.39. The number of esters is 1. The lowest BCUT2D eigenvalue weighted by Gasteiger charge is -2.25. The van der Waals surface area contributed by atoms with Gasteiger partial charge in [-0.1, -0.05) is 19.8 Å². The van der Waals surface area contributed by atoms with Gasteiger partial charge in [0.1, 0.15) is 6.54 Å². The lowest BCUT2D eigenvalue weighted by Crippen LogP contribution is -2.33. The molecule has 1 amide bonds. The molecule has 0 spiro atoms. The summed E-state index contributed by atoms with van der Waals surface area (Å²) in [7, 11) is 1.33. The van der Waals surface area contributed by atoms with Gasteiger partial charge in [0.2, 0.25) is 5.91 Å². The lowest BCUT2D eigenvalue weighted by atomic mass is 9.82. The molecule has 0 aliphatic heterocycles. The molecule has 1 N–H and O–H groups in total. The first-order chi connectivity index (χ1) is 9.59. The van der Waals surface area contributed by atoms with Gasteiger partial charge < -0.3 is 10.1 Å². The minimum absolute atomic E-state index is 0.0469. The maximum absolute atomic E-state index is 12.4. The van der Waals surface area contributed by atoms with E-state index in [0.717, 1.165) is 32.1 Å². The maximum Gasteiger partial charge on any atom is 0.327 e. The quantitative estimate of drug-likeness (QED) is 0.836. The Hall–Kier alpha value is -1.85. The average Bonchev–Trinajstić information content (AvgIpc) is 3.08. The van der Waals surface area contributed by atoms with E-state index < -0.39 is 0 Å². The van der Waals surface area contributed by atoms with Crippen LogP contribution in [0.15, 0.2) is 12.4 Å². The molecule has 6 nitrogen and oxygen atoms in total. The number of amides is 1. The van der Waals surface area contributed by atoms with E-state index in [2.05, 4.69) is 22.1 Å². The SMILES string of the molecule is CCC1(C(=O)Nc2cnn(CC(=O)OC)c2)CCCC1. The van der Waals surface area contributed by atoms with Gasteiger partial charge in [-0.2, -0.15) is 5.10 Å². The molecule has 0 saturated heterocycles. The highest BCUT2D eigenvalue weighted by atomic mass is 16.5. The minimum Gasteiger partial charge on any atom is -0.468 e.